The van der Waals surface area contributed by atoms with Gasteiger partial charge in [0.25, 0.3) is 5.91 Å². The predicted molar refractivity (Wildman–Crippen MR) is 77.5 cm³/mol. The molecule has 0 radical (unpaired) electrons. The Morgan fingerprint density at radius 2 is 2.00 bits per heavy atom. The van der Waals surface area contributed by atoms with Crippen LogP contribution < -0.4 is 11.1 Å². The van der Waals surface area contributed by atoms with Gasteiger partial charge in [-0.3, -0.25) is 4.79 Å². The number of anilines is 2. The lowest BCUT2D eigenvalue weighted by Crippen LogP contribution is -2.15. The van der Waals surface area contributed by atoms with Crippen molar-refractivity contribution >= 4 is 29.0 Å². The molecule has 3 N–H and O–H groups in total. The highest BCUT2D eigenvalue weighted by Crippen LogP contribution is 2.19. The Bertz CT molecular complexity index is 641. The van der Waals surface area contributed by atoms with Crippen LogP contribution in [-0.2, 0) is 0 Å². The second kappa shape index (κ2) is 5.28. The topological polar surface area (TPSA) is 68.0 Å². The minimum absolute atomic E-state index is 0.236. The van der Waals surface area contributed by atoms with Crippen molar-refractivity contribution in [2.24, 2.45) is 0 Å². The van der Waals surface area contributed by atoms with Crippen LogP contribution >= 0.6 is 11.6 Å². The predicted octanol–water partition coefficient (Wildman–Crippen LogP) is 3.19. The molecule has 0 unspecified atom stereocenters. The van der Waals surface area contributed by atoms with Crippen LogP contribution in [0.25, 0.3) is 0 Å². The van der Waals surface area contributed by atoms with Crippen molar-refractivity contribution in [2.45, 2.75) is 13.8 Å². The normalized spacial score (nSPS) is 10.3. The SMILES string of the molecule is Cc1ccc(Cl)cc1C(=O)Nc1ncc(N)cc1C. The van der Waals surface area contributed by atoms with Crippen LogP contribution in [0.2, 0.25) is 5.02 Å². The van der Waals surface area contributed by atoms with Gasteiger partial charge in [0.15, 0.2) is 0 Å². The highest BCUT2D eigenvalue weighted by atomic mass is 35.5. The summed E-state index contributed by atoms with van der Waals surface area (Å²) >= 11 is 5.90. The fourth-order valence-corrected chi connectivity index (χ4v) is 1.91. The number of nitrogens with two attached hydrogens (primary N) is 1. The van der Waals surface area contributed by atoms with Crippen LogP contribution in [0.15, 0.2) is 30.5 Å². The summed E-state index contributed by atoms with van der Waals surface area (Å²) < 4.78 is 0. The van der Waals surface area contributed by atoms with Gasteiger partial charge in [-0.15, -0.1) is 0 Å². The zero-order valence-corrected chi connectivity index (χ0v) is 11.5. The highest BCUT2D eigenvalue weighted by Gasteiger charge is 2.11. The quantitative estimate of drug-likeness (QED) is 0.884. The van der Waals surface area contributed by atoms with Gasteiger partial charge < -0.3 is 11.1 Å². The Balaban J connectivity index is 2.28. The van der Waals surface area contributed by atoms with E-state index in [9.17, 15) is 4.79 Å². The fraction of sp³-hybridized carbons (Fsp3) is 0.143. The number of carbonyl (C=O) groups excluding carboxylic acids is 1. The van der Waals surface area contributed by atoms with Gasteiger partial charge in [-0.05, 0) is 43.2 Å². The number of benzene rings is 1. The lowest BCUT2D eigenvalue weighted by Gasteiger charge is -2.09. The van der Waals surface area contributed by atoms with E-state index < -0.39 is 0 Å². The average Bonchev–Trinajstić information content (AvgIpc) is 2.35. The number of nitrogens with zero attached hydrogens (tertiary/aromatic N) is 1. The van der Waals surface area contributed by atoms with E-state index >= 15 is 0 Å². The van der Waals surface area contributed by atoms with Gasteiger partial charge in [-0.2, -0.15) is 0 Å². The van der Waals surface area contributed by atoms with Crippen molar-refractivity contribution in [3.05, 3.63) is 52.2 Å². The van der Waals surface area contributed by atoms with Crippen molar-refractivity contribution in [3.63, 3.8) is 0 Å². The van der Waals surface area contributed by atoms with E-state index in [1.54, 1.807) is 24.3 Å². The third-order valence-electron chi connectivity index (χ3n) is 2.78. The van der Waals surface area contributed by atoms with Gasteiger partial charge >= 0.3 is 0 Å². The maximum atomic E-state index is 12.2. The van der Waals surface area contributed by atoms with E-state index in [4.69, 9.17) is 17.3 Å². The second-order valence-corrected chi connectivity index (χ2v) is 4.78. The van der Waals surface area contributed by atoms with Gasteiger partial charge in [-0.25, -0.2) is 4.98 Å². The average molecular weight is 276 g/mol. The van der Waals surface area contributed by atoms with Crippen LogP contribution in [0.5, 0.6) is 0 Å². The molecule has 0 aliphatic heterocycles. The van der Waals surface area contributed by atoms with E-state index in [-0.39, 0.29) is 5.91 Å². The standard InChI is InChI=1S/C14H14ClN3O/c1-8-3-4-10(15)6-12(8)14(19)18-13-9(2)5-11(16)7-17-13/h3-7H,16H2,1-2H3,(H,17,18,19). The maximum Gasteiger partial charge on any atom is 0.257 e. The van der Waals surface area contributed by atoms with Gasteiger partial charge in [0.2, 0.25) is 0 Å². The first kappa shape index (κ1) is 13.4. The Morgan fingerprint density at radius 3 is 2.68 bits per heavy atom. The smallest absolute Gasteiger partial charge is 0.257 e. The zero-order chi connectivity index (χ0) is 14.0. The maximum absolute atomic E-state index is 12.2. The number of hydrogen-bond acceptors (Lipinski definition) is 3. The van der Waals surface area contributed by atoms with Crippen LogP contribution in [0.3, 0.4) is 0 Å². The highest BCUT2D eigenvalue weighted by molar-refractivity contribution is 6.31. The van der Waals surface area contributed by atoms with Gasteiger partial charge in [0, 0.05) is 10.6 Å². The molecule has 1 aromatic carbocycles. The number of hydrogen-bond donors (Lipinski definition) is 2. The molecule has 0 fully saturated rings. The van der Waals surface area contributed by atoms with E-state index in [1.165, 1.54) is 6.20 Å². The molecule has 4 nitrogen and oxygen atoms in total. The third-order valence-corrected chi connectivity index (χ3v) is 3.01. The van der Waals surface area contributed by atoms with Crippen molar-refractivity contribution in [3.8, 4) is 0 Å². The second-order valence-electron chi connectivity index (χ2n) is 4.35. The molecule has 98 valence electrons. The molecule has 1 amide bonds. The summed E-state index contributed by atoms with van der Waals surface area (Å²) in [5.74, 6) is 0.263. The van der Waals surface area contributed by atoms with E-state index in [0.717, 1.165) is 11.1 Å². The summed E-state index contributed by atoms with van der Waals surface area (Å²) in [5.41, 5.74) is 8.39. The summed E-state index contributed by atoms with van der Waals surface area (Å²) in [7, 11) is 0. The molecule has 0 spiro atoms. The molecule has 0 bridgehead atoms. The van der Waals surface area contributed by atoms with Gasteiger partial charge in [0.05, 0.1) is 11.9 Å². The minimum atomic E-state index is -0.236. The Kier molecular flexibility index (Phi) is 3.71. The number of nitrogen functional groups attached to an aromatic ring is 1. The number of pyridine rings is 1. The summed E-state index contributed by atoms with van der Waals surface area (Å²) in [6.45, 7) is 3.69. The van der Waals surface area contributed by atoms with Crippen molar-refractivity contribution in [1.29, 1.82) is 0 Å². The van der Waals surface area contributed by atoms with Crippen molar-refractivity contribution in [1.82, 2.24) is 4.98 Å². The summed E-state index contributed by atoms with van der Waals surface area (Å²) in [5, 5.41) is 3.28. The van der Waals surface area contributed by atoms with E-state index in [1.807, 2.05) is 13.8 Å². The zero-order valence-electron chi connectivity index (χ0n) is 10.7. The number of rotatable bonds is 2. The lowest BCUT2D eigenvalue weighted by atomic mass is 10.1. The number of aromatic nitrogens is 1. The third kappa shape index (κ3) is 3.03. The Hall–Kier alpha value is -2.07. The minimum Gasteiger partial charge on any atom is -0.397 e. The van der Waals surface area contributed by atoms with Crippen LogP contribution in [0, 0.1) is 13.8 Å². The molecule has 0 saturated carbocycles. The van der Waals surface area contributed by atoms with E-state index in [2.05, 4.69) is 10.3 Å². The molecule has 0 aliphatic carbocycles. The van der Waals surface area contributed by atoms with E-state index in [0.29, 0.717) is 22.1 Å². The number of nitrogens with one attached hydrogen (secondary N) is 1. The van der Waals surface area contributed by atoms with Crippen molar-refractivity contribution < 1.29 is 4.79 Å². The molecular weight excluding hydrogens is 262 g/mol. The van der Waals surface area contributed by atoms with Crippen LogP contribution in [0.1, 0.15) is 21.5 Å². The monoisotopic (exact) mass is 275 g/mol. The molecule has 0 saturated heterocycles. The largest absolute Gasteiger partial charge is 0.397 e. The first-order valence-electron chi connectivity index (χ1n) is 5.77. The lowest BCUT2D eigenvalue weighted by molar-refractivity contribution is 0.102. The first-order chi connectivity index (χ1) is 8.97. The summed E-state index contributed by atoms with van der Waals surface area (Å²) in [6.07, 6.45) is 1.51. The molecule has 1 heterocycles. The molecule has 0 aliphatic rings. The first-order valence-corrected chi connectivity index (χ1v) is 6.15. The molecule has 0 atom stereocenters. The summed E-state index contributed by atoms with van der Waals surface area (Å²) in [6, 6.07) is 6.95. The molecule has 19 heavy (non-hydrogen) atoms. The van der Waals surface area contributed by atoms with Gasteiger partial charge in [-0.1, -0.05) is 17.7 Å². The molecular formula is C14H14ClN3O. The number of halogens is 1. The van der Waals surface area contributed by atoms with Crippen LogP contribution in [0.4, 0.5) is 11.5 Å². The number of aryl methyl sites for hydroxylation is 2. The molecule has 2 aromatic rings. The Morgan fingerprint density at radius 1 is 1.26 bits per heavy atom. The number of amides is 1. The summed E-state index contributed by atoms with van der Waals surface area (Å²) in [4.78, 5) is 16.3. The molecule has 1 aromatic heterocycles. The van der Waals surface area contributed by atoms with Crippen molar-refractivity contribution in [2.75, 3.05) is 11.1 Å². The molecule has 2 rings (SSSR count). The Labute approximate surface area is 116 Å². The van der Waals surface area contributed by atoms with Crippen LogP contribution in [-0.4, -0.2) is 10.9 Å². The molecule has 5 heteroatoms. The van der Waals surface area contributed by atoms with Gasteiger partial charge in [0.1, 0.15) is 5.82 Å². The fourth-order valence-electron chi connectivity index (χ4n) is 1.74. The number of carbonyl (C=O) groups is 1.